The van der Waals surface area contributed by atoms with E-state index in [-0.39, 0.29) is 18.0 Å². The Kier molecular flexibility index (Phi) is 8.65. The normalized spacial score (nSPS) is 13.8. The topological polar surface area (TPSA) is 102 Å². The van der Waals surface area contributed by atoms with Crippen LogP contribution >= 0.6 is 0 Å². The number of aliphatic hydroxyl groups excluding tert-OH is 1. The summed E-state index contributed by atoms with van der Waals surface area (Å²) in [7, 11) is -5.41. The van der Waals surface area contributed by atoms with Crippen LogP contribution in [0.3, 0.4) is 0 Å². The van der Waals surface area contributed by atoms with Crippen LogP contribution in [-0.2, 0) is 26.0 Å². The van der Waals surface area contributed by atoms with Crippen LogP contribution in [0.25, 0.3) is 10.8 Å². The summed E-state index contributed by atoms with van der Waals surface area (Å²) in [5, 5.41) is 10.2. The number of benzene rings is 4. The van der Waals surface area contributed by atoms with Gasteiger partial charge in [-0.1, -0.05) is 78.9 Å². The van der Waals surface area contributed by atoms with Crippen molar-refractivity contribution in [2.75, 3.05) is 5.32 Å². The van der Waals surface area contributed by atoms with Crippen molar-refractivity contribution < 1.29 is 36.6 Å². The average molecular weight is 584 g/mol. The predicted octanol–water partition coefficient (Wildman–Crippen LogP) is 5.97. The van der Waals surface area contributed by atoms with E-state index in [0.717, 1.165) is 23.1 Å². The van der Waals surface area contributed by atoms with Gasteiger partial charge in [-0.15, -0.1) is 0 Å². The number of aliphatic hydroxyl groups is 1. The molecule has 4 aromatic carbocycles. The van der Waals surface area contributed by atoms with E-state index >= 15 is 8.78 Å². The van der Waals surface area contributed by atoms with Crippen LogP contribution < -0.4 is 10.1 Å². The molecule has 0 heterocycles. The summed E-state index contributed by atoms with van der Waals surface area (Å²) in [4.78, 5) is 12.6. The van der Waals surface area contributed by atoms with Gasteiger partial charge in [-0.3, -0.25) is 0 Å². The van der Waals surface area contributed by atoms with Crippen molar-refractivity contribution in [1.29, 1.82) is 0 Å². The number of sulfone groups is 1. The second-order valence-electron chi connectivity index (χ2n) is 10.4. The van der Waals surface area contributed by atoms with Gasteiger partial charge in [0.2, 0.25) is 9.84 Å². The lowest BCUT2D eigenvalue weighted by atomic mass is 10.1. The van der Waals surface area contributed by atoms with E-state index in [4.69, 9.17) is 9.47 Å². The van der Waals surface area contributed by atoms with Gasteiger partial charge in [-0.2, -0.15) is 8.78 Å². The molecular formula is C31H31F2NO6S. The van der Waals surface area contributed by atoms with E-state index in [1.165, 1.54) is 45.0 Å². The number of ether oxygens (including phenoxy) is 2. The van der Waals surface area contributed by atoms with Gasteiger partial charge in [0.05, 0.1) is 10.6 Å². The molecule has 0 bridgehead atoms. The van der Waals surface area contributed by atoms with E-state index in [0.29, 0.717) is 5.39 Å². The fraction of sp³-hybridized carbons (Fsp3) is 0.258. The highest BCUT2D eigenvalue weighted by Gasteiger charge is 2.57. The number of carbonyl (C=O) groups is 1. The number of carbonyl (C=O) groups excluding carboxylic acids is 1. The number of halogens is 2. The van der Waals surface area contributed by atoms with Crippen LogP contribution in [0.15, 0.2) is 102 Å². The summed E-state index contributed by atoms with van der Waals surface area (Å²) in [5.41, 5.74) is -0.210. The second kappa shape index (κ2) is 11.8. The molecule has 7 nitrogen and oxygen atoms in total. The molecule has 10 heteroatoms. The summed E-state index contributed by atoms with van der Waals surface area (Å²) in [6.07, 6.45) is -3.03. The van der Waals surface area contributed by atoms with Gasteiger partial charge in [0.15, 0.2) is 17.9 Å². The van der Waals surface area contributed by atoms with E-state index < -0.39 is 43.7 Å². The summed E-state index contributed by atoms with van der Waals surface area (Å²) < 4.78 is 68.6. The maximum atomic E-state index is 15.6. The first-order valence-electron chi connectivity index (χ1n) is 12.8. The number of nitrogens with one attached hydrogen (secondary N) is 1. The third kappa shape index (κ3) is 6.66. The molecule has 0 saturated carbocycles. The lowest BCUT2D eigenvalue weighted by Gasteiger charge is -2.32. The highest BCUT2D eigenvalue weighted by molar-refractivity contribution is 7.92. The van der Waals surface area contributed by atoms with Crippen molar-refractivity contribution in [2.45, 2.75) is 55.3 Å². The third-order valence-corrected chi connectivity index (χ3v) is 8.00. The van der Waals surface area contributed by atoms with Gasteiger partial charge in [0, 0.05) is 5.39 Å². The van der Waals surface area contributed by atoms with Crippen molar-refractivity contribution in [1.82, 2.24) is 0 Å². The Morgan fingerprint density at radius 1 is 0.878 bits per heavy atom. The lowest BCUT2D eigenvalue weighted by molar-refractivity contribution is -0.162. The summed E-state index contributed by atoms with van der Waals surface area (Å²) in [6.45, 7) is 4.69. The van der Waals surface area contributed by atoms with Crippen molar-refractivity contribution in [2.24, 2.45) is 0 Å². The minimum atomic E-state index is -5.41. The maximum absolute atomic E-state index is 15.6. The molecule has 0 aliphatic carbocycles. The zero-order valence-corrected chi connectivity index (χ0v) is 23.6. The minimum Gasteiger partial charge on any atom is -0.486 e. The Morgan fingerprint density at radius 2 is 1.46 bits per heavy atom. The first-order chi connectivity index (χ1) is 19.3. The van der Waals surface area contributed by atoms with Crippen LogP contribution in [0.5, 0.6) is 5.75 Å². The van der Waals surface area contributed by atoms with Crippen LogP contribution in [0.1, 0.15) is 26.3 Å². The van der Waals surface area contributed by atoms with Crippen LogP contribution in [0.4, 0.5) is 14.5 Å². The largest absolute Gasteiger partial charge is 0.486 e. The van der Waals surface area contributed by atoms with E-state index in [1.54, 1.807) is 18.2 Å². The standard InChI is InChI=1S/C31H31F2NO6S/c1-30(2,3)40-29(36)26(28(35)31(32,33)41(37,38)23-15-8-5-9-16-23)34-25-19-18-22-14-10-11-17-24(22)27(25)39-20-21-12-6-4-7-13-21/h4-19,26,28,34-35H,20H2,1-3H3. The van der Waals surface area contributed by atoms with Gasteiger partial charge in [0.25, 0.3) is 0 Å². The molecule has 2 atom stereocenters. The first-order valence-corrected chi connectivity index (χ1v) is 14.3. The fourth-order valence-electron chi connectivity index (χ4n) is 4.15. The number of anilines is 1. The number of esters is 1. The number of rotatable bonds is 10. The SMILES string of the molecule is CC(C)(C)OC(=O)C(Nc1ccc2ccccc2c1OCc1ccccc1)C(O)C(F)(F)S(=O)(=O)c1ccccc1. The Morgan fingerprint density at radius 3 is 2.10 bits per heavy atom. The molecule has 2 N–H and O–H groups in total. The summed E-state index contributed by atoms with van der Waals surface area (Å²) in [5.74, 6) is -1.04. The Labute approximate surface area is 237 Å². The second-order valence-corrected chi connectivity index (χ2v) is 12.4. The molecular weight excluding hydrogens is 552 g/mol. The Hall–Kier alpha value is -4.02. The van der Waals surface area contributed by atoms with Gasteiger partial charge < -0.3 is 19.9 Å². The summed E-state index contributed by atoms with van der Waals surface area (Å²) in [6, 6.07) is 23.4. The van der Waals surface area contributed by atoms with Crippen molar-refractivity contribution in [3.63, 3.8) is 0 Å². The smallest absolute Gasteiger partial charge is 0.377 e. The molecule has 0 radical (unpaired) electrons. The predicted molar refractivity (Wildman–Crippen MR) is 153 cm³/mol. The van der Waals surface area contributed by atoms with Crippen LogP contribution in [-0.4, -0.2) is 42.5 Å². The molecule has 0 fully saturated rings. The molecule has 216 valence electrons. The molecule has 0 aliphatic rings. The lowest BCUT2D eigenvalue weighted by Crippen LogP contribution is -2.55. The van der Waals surface area contributed by atoms with E-state index in [2.05, 4.69) is 5.32 Å². The molecule has 2 unspecified atom stereocenters. The quantitative estimate of drug-likeness (QED) is 0.222. The third-order valence-electron chi connectivity index (χ3n) is 6.15. The fourth-order valence-corrected chi connectivity index (χ4v) is 5.43. The van der Waals surface area contributed by atoms with E-state index in [1.807, 2.05) is 42.5 Å². The molecule has 0 aromatic heterocycles. The summed E-state index contributed by atoms with van der Waals surface area (Å²) >= 11 is 0. The molecule has 0 aliphatic heterocycles. The number of alkyl halides is 2. The highest BCUT2D eigenvalue weighted by atomic mass is 32.2. The molecule has 0 spiro atoms. The van der Waals surface area contributed by atoms with Crippen LogP contribution in [0, 0.1) is 0 Å². The van der Waals surface area contributed by atoms with Gasteiger partial charge in [0.1, 0.15) is 12.2 Å². The molecule has 4 aromatic rings. The molecule has 0 saturated heterocycles. The first kappa shape index (κ1) is 30.0. The molecule has 41 heavy (non-hydrogen) atoms. The van der Waals surface area contributed by atoms with Crippen LogP contribution in [0.2, 0.25) is 0 Å². The monoisotopic (exact) mass is 583 g/mol. The average Bonchev–Trinajstić information content (AvgIpc) is 2.94. The zero-order chi connectivity index (χ0) is 29.8. The number of hydrogen-bond acceptors (Lipinski definition) is 7. The Balaban J connectivity index is 1.77. The van der Waals surface area contributed by atoms with Gasteiger partial charge >= 0.3 is 11.2 Å². The highest BCUT2D eigenvalue weighted by Crippen LogP contribution is 2.38. The Bertz CT molecular complexity index is 1610. The van der Waals surface area contributed by atoms with Gasteiger partial charge in [-0.05, 0) is 49.9 Å². The minimum absolute atomic E-state index is 0.0856. The van der Waals surface area contributed by atoms with Crippen molar-refractivity contribution >= 4 is 32.3 Å². The number of hydrogen-bond donors (Lipinski definition) is 2. The van der Waals surface area contributed by atoms with Gasteiger partial charge in [-0.25, -0.2) is 13.2 Å². The zero-order valence-electron chi connectivity index (χ0n) is 22.8. The molecule has 0 amide bonds. The van der Waals surface area contributed by atoms with Crippen molar-refractivity contribution in [3.8, 4) is 5.75 Å². The molecule has 4 rings (SSSR count). The number of fused-ring (bicyclic) bond motifs is 1. The maximum Gasteiger partial charge on any atom is 0.377 e. The van der Waals surface area contributed by atoms with E-state index in [9.17, 15) is 18.3 Å². The van der Waals surface area contributed by atoms with Crippen molar-refractivity contribution in [3.05, 3.63) is 103 Å².